The average molecular weight is 506 g/mol. The highest BCUT2D eigenvalue weighted by atomic mass is 35.5. The molecule has 176 valence electrons. The Balaban J connectivity index is 1.84. The highest BCUT2D eigenvalue weighted by Crippen LogP contribution is 2.41. The molecule has 0 saturated heterocycles. The van der Waals surface area contributed by atoms with Crippen molar-refractivity contribution < 1.29 is 22.8 Å². The summed E-state index contributed by atoms with van der Waals surface area (Å²) >= 11 is 7.01. The fourth-order valence-electron chi connectivity index (χ4n) is 3.59. The van der Waals surface area contributed by atoms with Crippen molar-refractivity contribution in [3.8, 4) is 6.07 Å². The quantitative estimate of drug-likeness (QED) is 0.502. The molecule has 0 saturated carbocycles. The number of rotatable bonds is 6. The van der Waals surface area contributed by atoms with E-state index in [1.54, 1.807) is 31.2 Å². The number of allylic oxidation sites excluding steroid dienone is 3. The van der Waals surface area contributed by atoms with Gasteiger partial charge in [-0.15, -0.1) is 0 Å². The minimum Gasteiger partial charge on any atom is -0.353 e. The number of thioether (sulfide) groups is 1. The lowest BCUT2D eigenvalue weighted by Gasteiger charge is -2.29. The summed E-state index contributed by atoms with van der Waals surface area (Å²) < 4.78 is 38.7. The maximum absolute atomic E-state index is 12.9. The van der Waals surface area contributed by atoms with Crippen molar-refractivity contribution in [2.45, 2.75) is 25.9 Å². The number of nitrogens with zero attached hydrogens (tertiary/aromatic N) is 1. The Labute approximate surface area is 203 Å². The third-order valence-corrected chi connectivity index (χ3v) is 6.32. The Morgan fingerprint density at radius 3 is 2.47 bits per heavy atom. The van der Waals surface area contributed by atoms with Crippen LogP contribution in [0.3, 0.4) is 0 Å². The number of benzene rings is 2. The van der Waals surface area contributed by atoms with E-state index in [1.807, 2.05) is 0 Å². The Kier molecular flexibility index (Phi) is 7.75. The van der Waals surface area contributed by atoms with E-state index >= 15 is 0 Å². The van der Waals surface area contributed by atoms with Crippen molar-refractivity contribution >= 4 is 40.7 Å². The van der Waals surface area contributed by atoms with Gasteiger partial charge in [-0.25, -0.2) is 0 Å². The highest BCUT2D eigenvalue weighted by molar-refractivity contribution is 8.03. The molecule has 5 nitrogen and oxygen atoms in total. The van der Waals surface area contributed by atoms with E-state index in [4.69, 9.17) is 11.6 Å². The number of alkyl halides is 3. The molecular formula is C24H19ClF3N3O2S. The summed E-state index contributed by atoms with van der Waals surface area (Å²) in [5.74, 6) is -1.56. The molecule has 1 atom stereocenters. The van der Waals surface area contributed by atoms with E-state index in [2.05, 4.69) is 16.7 Å². The zero-order valence-electron chi connectivity index (χ0n) is 18.1. The molecule has 0 aliphatic carbocycles. The molecule has 1 aliphatic heterocycles. The number of halogens is 4. The number of carbonyl (C=O) groups excluding carboxylic acids is 2. The molecule has 10 heteroatoms. The Morgan fingerprint density at radius 1 is 1.21 bits per heavy atom. The zero-order valence-corrected chi connectivity index (χ0v) is 19.7. The number of nitriles is 1. The fraction of sp³-hybridized carbons (Fsp3) is 0.208. The van der Waals surface area contributed by atoms with Crippen LogP contribution in [0.25, 0.3) is 0 Å². The van der Waals surface area contributed by atoms with Gasteiger partial charge in [0.2, 0.25) is 5.91 Å². The number of hydrogen-bond acceptors (Lipinski definition) is 5. The average Bonchev–Trinajstić information content (AvgIpc) is 2.77. The van der Waals surface area contributed by atoms with Gasteiger partial charge < -0.3 is 10.6 Å². The summed E-state index contributed by atoms with van der Waals surface area (Å²) in [6.07, 6.45) is -4.52. The molecule has 2 aromatic rings. The van der Waals surface area contributed by atoms with Crippen molar-refractivity contribution in [2.75, 3.05) is 11.1 Å². The summed E-state index contributed by atoms with van der Waals surface area (Å²) in [7, 11) is 0. The van der Waals surface area contributed by atoms with E-state index in [1.165, 1.54) is 19.1 Å². The van der Waals surface area contributed by atoms with Crippen LogP contribution < -0.4 is 10.6 Å². The molecule has 1 heterocycles. The van der Waals surface area contributed by atoms with Crippen molar-refractivity contribution in [3.05, 3.63) is 86.6 Å². The van der Waals surface area contributed by atoms with E-state index in [0.717, 1.165) is 23.9 Å². The summed E-state index contributed by atoms with van der Waals surface area (Å²) in [5.41, 5.74) is 1.07. The molecule has 0 radical (unpaired) electrons. The molecule has 0 spiro atoms. The first-order chi connectivity index (χ1) is 16.0. The molecule has 0 aromatic heterocycles. The minimum atomic E-state index is -4.52. The Bertz CT molecular complexity index is 1230. The maximum Gasteiger partial charge on any atom is 0.416 e. The summed E-state index contributed by atoms with van der Waals surface area (Å²) in [4.78, 5) is 24.8. The van der Waals surface area contributed by atoms with Gasteiger partial charge in [0.25, 0.3) is 0 Å². The number of anilines is 1. The molecule has 3 rings (SSSR count). The summed E-state index contributed by atoms with van der Waals surface area (Å²) in [5, 5.41) is 16.3. The lowest BCUT2D eigenvalue weighted by molar-refractivity contribution is -0.137. The van der Waals surface area contributed by atoms with Gasteiger partial charge in [-0.05, 0) is 49.7 Å². The van der Waals surface area contributed by atoms with Crippen LogP contribution in [0.5, 0.6) is 0 Å². The topological polar surface area (TPSA) is 82.0 Å². The highest BCUT2D eigenvalue weighted by Gasteiger charge is 2.33. The van der Waals surface area contributed by atoms with E-state index in [0.29, 0.717) is 26.9 Å². The summed E-state index contributed by atoms with van der Waals surface area (Å²) in [6, 6.07) is 13.3. The second-order valence-corrected chi connectivity index (χ2v) is 8.90. The SMILES string of the molecule is CC(=O)C1=C(C)NC(SCC(=O)Nc2cccc(C(F)(F)F)c2)=C(C#N)[C@H]1c1ccc(Cl)cc1. The number of nitrogens with one attached hydrogen (secondary N) is 2. The molecule has 2 aromatic carbocycles. The van der Waals surface area contributed by atoms with Crippen molar-refractivity contribution in [3.63, 3.8) is 0 Å². The lowest BCUT2D eigenvalue weighted by atomic mass is 9.81. The number of hydrogen-bond donors (Lipinski definition) is 2. The summed E-state index contributed by atoms with van der Waals surface area (Å²) in [6.45, 7) is 3.12. The van der Waals surface area contributed by atoms with E-state index < -0.39 is 23.6 Å². The fourth-order valence-corrected chi connectivity index (χ4v) is 4.61. The molecule has 34 heavy (non-hydrogen) atoms. The van der Waals surface area contributed by atoms with Gasteiger partial charge in [0.15, 0.2) is 5.78 Å². The Morgan fingerprint density at radius 2 is 1.88 bits per heavy atom. The lowest BCUT2D eigenvalue weighted by Crippen LogP contribution is -2.27. The number of carbonyl (C=O) groups is 2. The van der Waals surface area contributed by atoms with Gasteiger partial charge in [-0.2, -0.15) is 18.4 Å². The molecular weight excluding hydrogens is 487 g/mol. The van der Waals surface area contributed by atoms with Crippen molar-refractivity contribution in [2.24, 2.45) is 0 Å². The largest absolute Gasteiger partial charge is 0.416 e. The van der Waals surface area contributed by atoms with Crippen molar-refractivity contribution in [1.29, 1.82) is 5.26 Å². The van der Waals surface area contributed by atoms with Gasteiger partial charge in [0, 0.05) is 22.0 Å². The first kappa shape index (κ1) is 25.4. The predicted octanol–water partition coefficient (Wildman–Crippen LogP) is 6.02. The monoisotopic (exact) mass is 505 g/mol. The first-order valence-corrected chi connectivity index (χ1v) is 11.4. The standard InChI is InChI=1S/C24H19ClF3N3O2S/c1-13-21(14(2)32)22(15-6-8-17(25)9-7-15)19(11-29)23(30-13)34-12-20(33)31-18-5-3-4-16(10-18)24(26,27)28/h3-10,22,30H,12H2,1-2H3,(H,31,33)/t22-/m1/s1. The van der Waals surface area contributed by atoms with Gasteiger partial charge in [-0.3, -0.25) is 9.59 Å². The first-order valence-electron chi connectivity index (χ1n) is 9.99. The van der Waals surface area contributed by atoms with Gasteiger partial charge in [-0.1, -0.05) is 41.6 Å². The zero-order chi connectivity index (χ0) is 25.0. The molecule has 1 aliphatic rings. The van der Waals surface area contributed by atoms with Crippen LogP contribution in [0.2, 0.25) is 5.02 Å². The van der Waals surface area contributed by atoms with Gasteiger partial charge in [0.05, 0.1) is 33.9 Å². The van der Waals surface area contributed by atoms with Crippen LogP contribution in [0.4, 0.5) is 18.9 Å². The van der Waals surface area contributed by atoms with Crippen LogP contribution in [0, 0.1) is 11.3 Å². The van der Waals surface area contributed by atoms with Crippen LogP contribution in [-0.2, 0) is 15.8 Å². The normalized spacial score (nSPS) is 16.1. The van der Waals surface area contributed by atoms with Crippen LogP contribution in [-0.4, -0.2) is 17.4 Å². The molecule has 0 unspecified atom stereocenters. The minimum absolute atomic E-state index is 0.0143. The number of amides is 1. The third kappa shape index (κ3) is 5.82. The third-order valence-electron chi connectivity index (χ3n) is 5.05. The van der Waals surface area contributed by atoms with Crippen LogP contribution in [0.15, 0.2) is 70.4 Å². The van der Waals surface area contributed by atoms with Crippen LogP contribution >= 0.6 is 23.4 Å². The predicted molar refractivity (Wildman–Crippen MR) is 126 cm³/mol. The number of ketones is 1. The number of dihydropyridines is 1. The van der Waals surface area contributed by atoms with Gasteiger partial charge in [0.1, 0.15) is 0 Å². The molecule has 1 amide bonds. The van der Waals surface area contributed by atoms with E-state index in [9.17, 15) is 28.0 Å². The second-order valence-electron chi connectivity index (χ2n) is 7.47. The maximum atomic E-state index is 12.9. The van der Waals surface area contributed by atoms with Gasteiger partial charge >= 0.3 is 6.18 Å². The molecule has 0 bridgehead atoms. The second kappa shape index (κ2) is 10.4. The smallest absolute Gasteiger partial charge is 0.353 e. The number of Topliss-reactive ketones (excluding diaryl/α,β-unsaturated/α-hetero) is 1. The molecule has 2 N–H and O–H groups in total. The van der Waals surface area contributed by atoms with E-state index in [-0.39, 0.29) is 22.8 Å². The van der Waals surface area contributed by atoms with Crippen molar-refractivity contribution in [1.82, 2.24) is 5.32 Å². The molecule has 0 fully saturated rings. The van der Waals surface area contributed by atoms with Crippen LogP contribution in [0.1, 0.15) is 30.9 Å². The Hall–Kier alpha value is -3.22.